The van der Waals surface area contributed by atoms with Gasteiger partial charge in [-0.15, -0.1) is 0 Å². The molecule has 0 atom stereocenters. The predicted octanol–water partition coefficient (Wildman–Crippen LogP) is 0.644. The Bertz CT molecular complexity index is 382. The fourth-order valence-electron chi connectivity index (χ4n) is 2.84. The van der Waals surface area contributed by atoms with Gasteiger partial charge in [-0.1, -0.05) is 0 Å². The zero-order chi connectivity index (χ0) is 16.0. The van der Waals surface area contributed by atoms with Gasteiger partial charge in [0.15, 0.2) is 0 Å². The SMILES string of the molecule is CC(C)N(CCNS(=O)(=O)N1CCC(CO)CC1)C(C)C. The summed E-state index contributed by atoms with van der Waals surface area (Å²) in [5, 5.41) is 9.10. The first kappa shape index (κ1) is 18.8. The van der Waals surface area contributed by atoms with Crippen LogP contribution in [-0.2, 0) is 10.2 Å². The fraction of sp³-hybridized carbons (Fsp3) is 1.00. The van der Waals surface area contributed by atoms with E-state index in [9.17, 15) is 8.42 Å². The molecule has 0 aromatic heterocycles. The molecule has 1 saturated heterocycles. The summed E-state index contributed by atoms with van der Waals surface area (Å²) in [5.74, 6) is 0.244. The third-order valence-corrected chi connectivity index (χ3v) is 5.77. The van der Waals surface area contributed by atoms with Gasteiger partial charge in [0.1, 0.15) is 0 Å². The summed E-state index contributed by atoms with van der Waals surface area (Å²) in [6, 6.07) is 0.796. The van der Waals surface area contributed by atoms with Crippen LogP contribution in [0.3, 0.4) is 0 Å². The first-order valence-corrected chi connectivity index (χ1v) is 9.33. The summed E-state index contributed by atoms with van der Waals surface area (Å²) in [6.45, 7) is 10.8. The van der Waals surface area contributed by atoms with Crippen molar-refractivity contribution in [2.24, 2.45) is 5.92 Å². The van der Waals surface area contributed by atoms with Crippen LogP contribution in [0.1, 0.15) is 40.5 Å². The zero-order valence-electron chi connectivity index (χ0n) is 13.7. The Labute approximate surface area is 129 Å². The molecule has 0 spiro atoms. The molecule has 6 nitrogen and oxygen atoms in total. The van der Waals surface area contributed by atoms with Crippen LogP contribution >= 0.6 is 0 Å². The molecule has 0 amide bonds. The molecule has 1 heterocycles. The number of piperidine rings is 1. The Hall–Kier alpha value is -0.210. The Kier molecular flexibility index (Phi) is 7.56. The Morgan fingerprint density at radius 2 is 1.71 bits per heavy atom. The second kappa shape index (κ2) is 8.43. The van der Waals surface area contributed by atoms with Gasteiger partial charge in [-0.25, -0.2) is 4.72 Å². The maximum Gasteiger partial charge on any atom is 0.279 e. The van der Waals surface area contributed by atoms with Crippen molar-refractivity contribution in [3.8, 4) is 0 Å². The number of nitrogens with one attached hydrogen (secondary N) is 1. The van der Waals surface area contributed by atoms with Crippen molar-refractivity contribution in [1.29, 1.82) is 0 Å². The molecule has 21 heavy (non-hydrogen) atoms. The van der Waals surface area contributed by atoms with Crippen molar-refractivity contribution < 1.29 is 13.5 Å². The quantitative estimate of drug-likeness (QED) is 0.688. The number of aliphatic hydroxyl groups excluding tert-OH is 1. The second-order valence-corrected chi connectivity index (χ2v) is 8.10. The van der Waals surface area contributed by atoms with Gasteiger partial charge in [0.2, 0.25) is 0 Å². The van der Waals surface area contributed by atoms with E-state index in [-0.39, 0.29) is 12.5 Å². The molecule has 7 heteroatoms. The smallest absolute Gasteiger partial charge is 0.279 e. The van der Waals surface area contributed by atoms with Crippen LogP contribution < -0.4 is 4.72 Å². The van der Waals surface area contributed by atoms with Crippen LogP contribution in [0.4, 0.5) is 0 Å². The van der Waals surface area contributed by atoms with Gasteiger partial charge >= 0.3 is 0 Å². The second-order valence-electron chi connectivity index (χ2n) is 6.35. The Morgan fingerprint density at radius 3 is 2.14 bits per heavy atom. The number of aliphatic hydroxyl groups is 1. The molecule has 1 rings (SSSR count). The highest BCUT2D eigenvalue weighted by Crippen LogP contribution is 2.18. The summed E-state index contributed by atoms with van der Waals surface area (Å²) in [7, 11) is -3.39. The van der Waals surface area contributed by atoms with E-state index in [2.05, 4.69) is 37.3 Å². The molecular weight excluding hydrogens is 290 g/mol. The van der Waals surface area contributed by atoms with Crippen LogP contribution in [0.15, 0.2) is 0 Å². The summed E-state index contributed by atoms with van der Waals surface area (Å²) in [4.78, 5) is 2.26. The fourth-order valence-corrected chi connectivity index (χ4v) is 4.06. The van der Waals surface area contributed by atoms with Gasteiger partial charge in [0, 0.05) is 44.9 Å². The molecule has 0 aliphatic carbocycles. The molecule has 1 aliphatic heterocycles. The molecule has 1 aliphatic rings. The minimum atomic E-state index is -3.39. The standard InChI is InChI=1S/C14H31N3O3S/c1-12(2)17(13(3)4)10-7-15-21(19,20)16-8-5-14(11-18)6-9-16/h12-15,18H,5-11H2,1-4H3. The lowest BCUT2D eigenvalue weighted by molar-refractivity contribution is 0.167. The highest BCUT2D eigenvalue weighted by atomic mass is 32.2. The van der Waals surface area contributed by atoms with Crippen molar-refractivity contribution in [1.82, 2.24) is 13.9 Å². The summed E-state index contributed by atoms with van der Waals surface area (Å²) in [5.41, 5.74) is 0. The highest BCUT2D eigenvalue weighted by Gasteiger charge is 2.27. The maximum absolute atomic E-state index is 12.2. The zero-order valence-corrected chi connectivity index (χ0v) is 14.6. The van der Waals surface area contributed by atoms with Gasteiger partial charge in [-0.2, -0.15) is 12.7 Å². The van der Waals surface area contributed by atoms with Gasteiger partial charge < -0.3 is 5.11 Å². The third kappa shape index (κ3) is 5.83. The first-order chi connectivity index (χ1) is 9.77. The molecule has 0 radical (unpaired) electrons. The average Bonchev–Trinajstić information content (AvgIpc) is 2.42. The van der Waals surface area contributed by atoms with E-state index in [1.165, 1.54) is 4.31 Å². The minimum Gasteiger partial charge on any atom is -0.396 e. The van der Waals surface area contributed by atoms with Crippen LogP contribution in [-0.4, -0.2) is 67.6 Å². The van der Waals surface area contributed by atoms with Crippen LogP contribution in [0.25, 0.3) is 0 Å². The van der Waals surface area contributed by atoms with Gasteiger partial charge in [0.05, 0.1) is 0 Å². The largest absolute Gasteiger partial charge is 0.396 e. The molecule has 0 unspecified atom stereocenters. The minimum absolute atomic E-state index is 0.152. The summed E-state index contributed by atoms with van der Waals surface area (Å²) in [6.07, 6.45) is 1.48. The lowest BCUT2D eigenvalue weighted by Gasteiger charge is -2.32. The van der Waals surface area contributed by atoms with E-state index in [4.69, 9.17) is 5.11 Å². The molecule has 0 aromatic carbocycles. The molecule has 0 aromatic rings. The Morgan fingerprint density at radius 1 is 1.19 bits per heavy atom. The number of hydrogen-bond acceptors (Lipinski definition) is 4. The number of hydrogen-bond donors (Lipinski definition) is 2. The predicted molar refractivity (Wildman–Crippen MR) is 85.3 cm³/mol. The first-order valence-electron chi connectivity index (χ1n) is 7.89. The van der Waals surface area contributed by atoms with Crippen LogP contribution in [0.2, 0.25) is 0 Å². The van der Waals surface area contributed by atoms with Crippen molar-refractivity contribution in [2.45, 2.75) is 52.6 Å². The van der Waals surface area contributed by atoms with Crippen molar-refractivity contribution in [2.75, 3.05) is 32.8 Å². The van der Waals surface area contributed by atoms with E-state index in [0.717, 1.165) is 12.8 Å². The summed E-state index contributed by atoms with van der Waals surface area (Å²) < 4.78 is 28.7. The van der Waals surface area contributed by atoms with Crippen molar-refractivity contribution in [3.05, 3.63) is 0 Å². The van der Waals surface area contributed by atoms with E-state index in [0.29, 0.717) is 38.3 Å². The maximum atomic E-state index is 12.2. The topological polar surface area (TPSA) is 72.9 Å². The van der Waals surface area contributed by atoms with E-state index >= 15 is 0 Å². The van der Waals surface area contributed by atoms with Gasteiger partial charge in [-0.3, -0.25) is 4.90 Å². The van der Waals surface area contributed by atoms with Crippen molar-refractivity contribution >= 4 is 10.2 Å². The van der Waals surface area contributed by atoms with E-state index in [1.807, 2.05) is 0 Å². The molecule has 1 fully saturated rings. The molecule has 2 N–H and O–H groups in total. The van der Waals surface area contributed by atoms with Gasteiger partial charge in [0.25, 0.3) is 10.2 Å². The molecule has 126 valence electrons. The summed E-state index contributed by atoms with van der Waals surface area (Å²) >= 11 is 0. The van der Waals surface area contributed by atoms with Crippen molar-refractivity contribution in [3.63, 3.8) is 0 Å². The lowest BCUT2D eigenvalue weighted by Crippen LogP contribution is -2.48. The molecular formula is C14H31N3O3S. The average molecular weight is 321 g/mol. The van der Waals surface area contributed by atoms with Crippen LogP contribution in [0, 0.1) is 5.92 Å². The number of nitrogens with zero attached hydrogens (tertiary/aromatic N) is 2. The monoisotopic (exact) mass is 321 g/mol. The third-order valence-electron chi connectivity index (χ3n) is 4.15. The Balaban J connectivity index is 2.43. The molecule has 0 saturated carbocycles. The van der Waals surface area contributed by atoms with Gasteiger partial charge in [-0.05, 0) is 46.5 Å². The highest BCUT2D eigenvalue weighted by molar-refractivity contribution is 7.87. The lowest BCUT2D eigenvalue weighted by atomic mass is 10.00. The van der Waals surface area contributed by atoms with Crippen LogP contribution in [0.5, 0.6) is 0 Å². The molecule has 0 bridgehead atoms. The normalized spacial score (nSPS) is 19.0. The van der Waals surface area contributed by atoms with E-state index < -0.39 is 10.2 Å². The number of rotatable bonds is 8. The van der Waals surface area contributed by atoms with E-state index in [1.54, 1.807) is 0 Å².